The third-order valence-electron chi connectivity index (χ3n) is 2.79. The number of benzene rings is 1. The molecule has 104 valence electrons. The molecule has 1 unspecified atom stereocenters. The predicted octanol–water partition coefficient (Wildman–Crippen LogP) is 1.72. The van der Waals surface area contributed by atoms with Crippen LogP contribution in [0.5, 0.6) is 0 Å². The first-order valence-electron chi connectivity index (χ1n) is 5.76. The fraction of sp³-hybridized carbons (Fsp3) is 0.417. The summed E-state index contributed by atoms with van der Waals surface area (Å²) in [6.07, 6.45) is 0. The summed E-state index contributed by atoms with van der Waals surface area (Å²) in [5.41, 5.74) is -0.776. The van der Waals surface area contributed by atoms with Crippen LogP contribution in [0.25, 0.3) is 0 Å². The minimum absolute atomic E-state index is 0.0399. The van der Waals surface area contributed by atoms with E-state index in [2.05, 4.69) is 5.32 Å². The Balaban J connectivity index is 3.24. The summed E-state index contributed by atoms with van der Waals surface area (Å²) >= 11 is 0. The fourth-order valence-electron chi connectivity index (χ4n) is 1.65. The van der Waals surface area contributed by atoms with Crippen LogP contribution in [-0.4, -0.2) is 33.8 Å². The van der Waals surface area contributed by atoms with Crippen molar-refractivity contribution in [2.24, 2.45) is 5.92 Å². The van der Waals surface area contributed by atoms with Crippen LogP contribution in [0, 0.1) is 16.0 Å². The van der Waals surface area contributed by atoms with Gasteiger partial charge in [-0.1, -0.05) is 19.9 Å². The zero-order valence-electron chi connectivity index (χ0n) is 10.7. The zero-order chi connectivity index (χ0) is 14.6. The van der Waals surface area contributed by atoms with Gasteiger partial charge in [0.2, 0.25) is 0 Å². The SMILES string of the molecule is CC(C)C(CO)Nc1cccc(C(=O)O)c1[N+](=O)[O-]. The lowest BCUT2D eigenvalue weighted by Gasteiger charge is -2.21. The van der Waals surface area contributed by atoms with E-state index in [1.807, 2.05) is 13.8 Å². The molecule has 0 amide bonds. The van der Waals surface area contributed by atoms with Gasteiger partial charge in [0, 0.05) is 0 Å². The molecule has 0 radical (unpaired) electrons. The minimum atomic E-state index is -1.36. The molecule has 0 aromatic heterocycles. The van der Waals surface area contributed by atoms with Gasteiger partial charge in [-0.25, -0.2) is 4.79 Å². The molecule has 0 heterocycles. The number of nitrogens with one attached hydrogen (secondary N) is 1. The first kappa shape index (κ1) is 14.9. The molecule has 0 aliphatic heterocycles. The van der Waals surface area contributed by atoms with Crippen molar-refractivity contribution in [3.05, 3.63) is 33.9 Å². The number of hydrogen-bond acceptors (Lipinski definition) is 5. The predicted molar refractivity (Wildman–Crippen MR) is 69.4 cm³/mol. The van der Waals surface area contributed by atoms with Crippen LogP contribution in [0.4, 0.5) is 11.4 Å². The van der Waals surface area contributed by atoms with Crippen LogP contribution >= 0.6 is 0 Å². The van der Waals surface area contributed by atoms with Gasteiger partial charge < -0.3 is 15.5 Å². The standard InChI is InChI=1S/C12H16N2O5/c1-7(2)10(6-15)13-9-5-3-4-8(12(16)17)11(9)14(18)19/h3-5,7,10,13,15H,6H2,1-2H3,(H,16,17). The third-order valence-corrected chi connectivity index (χ3v) is 2.79. The number of nitrogens with zero attached hydrogens (tertiary/aromatic N) is 1. The molecule has 0 aliphatic rings. The maximum absolute atomic E-state index is 11.0. The molecule has 1 atom stereocenters. The average Bonchev–Trinajstić information content (AvgIpc) is 2.34. The van der Waals surface area contributed by atoms with E-state index in [4.69, 9.17) is 5.11 Å². The topological polar surface area (TPSA) is 113 Å². The number of aliphatic hydroxyl groups is 1. The van der Waals surface area contributed by atoms with Crippen LogP contribution in [-0.2, 0) is 0 Å². The van der Waals surface area contributed by atoms with Gasteiger partial charge in [-0.3, -0.25) is 10.1 Å². The Morgan fingerprint density at radius 3 is 2.53 bits per heavy atom. The molecule has 0 bridgehead atoms. The normalized spacial score (nSPS) is 12.2. The zero-order valence-corrected chi connectivity index (χ0v) is 10.7. The number of nitro benzene ring substituents is 1. The summed E-state index contributed by atoms with van der Waals surface area (Å²) in [7, 11) is 0. The first-order valence-corrected chi connectivity index (χ1v) is 5.76. The Labute approximate surface area is 110 Å². The Bertz CT molecular complexity index is 487. The van der Waals surface area contributed by atoms with E-state index in [0.29, 0.717) is 0 Å². The molecule has 7 nitrogen and oxygen atoms in total. The Hall–Kier alpha value is -2.15. The number of rotatable bonds is 6. The molecule has 7 heteroatoms. The quantitative estimate of drug-likeness (QED) is 0.535. The summed E-state index contributed by atoms with van der Waals surface area (Å²) in [6.45, 7) is 3.49. The van der Waals surface area contributed by atoms with Gasteiger partial charge in [0.25, 0.3) is 0 Å². The molecular formula is C12H16N2O5. The molecular weight excluding hydrogens is 252 g/mol. The van der Waals surface area contributed by atoms with Crippen molar-refractivity contribution in [2.45, 2.75) is 19.9 Å². The average molecular weight is 268 g/mol. The van der Waals surface area contributed by atoms with E-state index in [1.54, 1.807) is 0 Å². The summed E-state index contributed by atoms with van der Waals surface area (Å²) in [6, 6.07) is 3.64. The summed E-state index contributed by atoms with van der Waals surface area (Å²) in [4.78, 5) is 21.3. The molecule has 0 saturated carbocycles. The number of para-hydroxylation sites is 1. The molecule has 1 rings (SSSR count). The second-order valence-corrected chi connectivity index (χ2v) is 4.44. The van der Waals surface area contributed by atoms with Crippen LogP contribution in [0.2, 0.25) is 0 Å². The van der Waals surface area contributed by atoms with E-state index < -0.39 is 16.6 Å². The van der Waals surface area contributed by atoms with Crippen LogP contribution in [0.15, 0.2) is 18.2 Å². The van der Waals surface area contributed by atoms with Crippen molar-refractivity contribution >= 4 is 17.3 Å². The number of aromatic carboxylic acids is 1. The number of nitro groups is 1. The van der Waals surface area contributed by atoms with Crippen molar-refractivity contribution in [3.8, 4) is 0 Å². The van der Waals surface area contributed by atoms with Gasteiger partial charge in [-0.2, -0.15) is 0 Å². The largest absolute Gasteiger partial charge is 0.477 e. The second-order valence-electron chi connectivity index (χ2n) is 4.44. The van der Waals surface area contributed by atoms with Gasteiger partial charge in [0.05, 0.1) is 17.6 Å². The number of carboxylic acid groups (broad SMARTS) is 1. The number of aliphatic hydroxyl groups excluding tert-OH is 1. The Kier molecular flexibility index (Phi) is 4.82. The van der Waals surface area contributed by atoms with E-state index in [0.717, 1.165) is 0 Å². The number of carbonyl (C=O) groups is 1. The molecule has 0 aliphatic carbocycles. The third kappa shape index (κ3) is 3.41. The van der Waals surface area contributed by atoms with E-state index >= 15 is 0 Å². The van der Waals surface area contributed by atoms with Crippen molar-refractivity contribution < 1.29 is 19.9 Å². The highest BCUT2D eigenvalue weighted by Crippen LogP contribution is 2.29. The molecule has 19 heavy (non-hydrogen) atoms. The maximum atomic E-state index is 11.0. The monoisotopic (exact) mass is 268 g/mol. The lowest BCUT2D eigenvalue weighted by molar-refractivity contribution is -0.384. The van der Waals surface area contributed by atoms with Crippen LogP contribution in [0.3, 0.4) is 0 Å². The highest BCUT2D eigenvalue weighted by Gasteiger charge is 2.25. The molecule has 3 N–H and O–H groups in total. The summed E-state index contributed by atoms with van der Waals surface area (Å²) in [5.74, 6) is -1.32. The maximum Gasteiger partial charge on any atom is 0.342 e. The number of anilines is 1. The van der Waals surface area contributed by atoms with Crippen LogP contribution in [0.1, 0.15) is 24.2 Å². The van der Waals surface area contributed by atoms with E-state index in [1.165, 1.54) is 18.2 Å². The van der Waals surface area contributed by atoms with Crippen molar-refractivity contribution in [3.63, 3.8) is 0 Å². The van der Waals surface area contributed by atoms with Gasteiger partial charge in [-0.05, 0) is 18.1 Å². The molecule has 0 fully saturated rings. The Morgan fingerprint density at radius 2 is 2.11 bits per heavy atom. The van der Waals surface area contributed by atoms with Gasteiger partial charge >= 0.3 is 11.7 Å². The molecule has 0 saturated heterocycles. The lowest BCUT2D eigenvalue weighted by atomic mass is 10.0. The van der Waals surface area contributed by atoms with Crippen LogP contribution < -0.4 is 5.32 Å². The highest BCUT2D eigenvalue weighted by molar-refractivity contribution is 5.95. The van der Waals surface area contributed by atoms with Gasteiger partial charge in [0.1, 0.15) is 11.3 Å². The highest BCUT2D eigenvalue weighted by atomic mass is 16.6. The number of hydrogen-bond donors (Lipinski definition) is 3. The van der Waals surface area contributed by atoms with Crippen molar-refractivity contribution in [1.82, 2.24) is 0 Å². The van der Waals surface area contributed by atoms with Gasteiger partial charge in [0.15, 0.2) is 0 Å². The Morgan fingerprint density at radius 1 is 1.47 bits per heavy atom. The smallest absolute Gasteiger partial charge is 0.342 e. The molecule has 1 aromatic carbocycles. The second kappa shape index (κ2) is 6.14. The van der Waals surface area contributed by atoms with Crippen molar-refractivity contribution in [2.75, 3.05) is 11.9 Å². The van der Waals surface area contributed by atoms with E-state index in [9.17, 15) is 20.0 Å². The summed E-state index contributed by atoms with van der Waals surface area (Å²) in [5, 5.41) is 32.0. The first-order chi connectivity index (χ1) is 8.88. The minimum Gasteiger partial charge on any atom is -0.477 e. The van der Waals surface area contributed by atoms with Crippen molar-refractivity contribution in [1.29, 1.82) is 0 Å². The molecule has 0 spiro atoms. The summed E-state index contributed by atoms with van der Waals surface area (Å²) < 4.78 is 0. The lowest BCUT2D eigenvalue weighted by Crippen LogP contribution is -2.29. The number of carboxylic acids is 1. The molecule has 1 aromatic rings. The fourth-order valence-corrected chi connectivity index (χ4v) is 1.65. The van der Waals surface area contributed by atoms with E-state index in [-0.39, 0.29) is 29.8 Å². The van der Waals surface area contributed by atoms with Gasteiger partial charge in [-0.15, -0.1) is 0 Å².